The number of nitrogens with zero attached hydrogens (tertiary/aromatic N) is 2. The van der Waals surface area contributed by atoms with Gasteiger partial charge in [0, 0.05) is 6.07 Å². The summed E-state index contributed by atoms with van der Waals surface area (Å²) in [5.41, 5.74) is 6.53. The Labute approximate surface area is 175 Å². The van der Waals surface area contributed by atoms with E-state index in [2.05, 4.69) is 15.3 Å². The van der Waals surface area contributed by atoms with Gasteiger partial charge in [-0.3, -0.25) is 4.79 Å². The number of nitrogens with two attached hydrogens (primary N) is 1. The Bertz CT molecular complexity index is 1110. The van der Waals surface area contributed by atoms with E-state index in [1.165, 1.54) is 35.9 Å². The normalized spacial score (nSPS) is 21.5. The molecule has 0 bridgehead atoms. The van der Waals surface area contributed by atoms with Crippen molar-refractivity contribution in [1.29, 1.82) is 0 Å². The molecule has 158 valence electrons. The van der Waals surface area contributed by atoms with Gasteiger partial charge in [-0.2, -0.15) is 0 Å². The van der Waals surface area contributed by atoms with Gasteiger partial charge in [-0.15, -0.1) is 11.3 Å². The molecule has 1 unspecified atom stereocenters. The van der Waals surface area contributed by atoms with Crippen LogP contribution in [0, 0.1) is 12.7 Å². The van der Waals surface area contributed by atoms with Crippen LogP contribution in [0.3, 0.4) is 0 Å². The fourth-order valence-corrected chi connectivity index (χ4v) is 4.64. The van der Waals surface area contributed by atoms with Crippen LogP contribution in [0.2, 0.25) is 0 Å². The van der Waals surface area contributed by atoms with E-state index in [-0.39, 0.29) is 5.75 Å². The number of anilines is 2. The van der Waals surface area contributed by atoms with Gasteiger partial charge in [0.15, 0.2) is 0 Å². The van der Waals surface area contributed by atoms with Gasteiger partial charge in [0.05, 0.1) is 22.1 Å². The Morgan fingerprint density at radius 1 is 1.33 bits per heavy atom. The van der Waals surface area contributed by atoms with Gasteiger partial charge in [0.2, 0.25) is 0 Å². The molecule has 3 aromatic rings. The second-order valence-corrected chi connectivity index (χ2v) is 8.23. The number of hydrogen-bond acceptors (Lipinski definition) is 8. The molecule has 1 amide bonds. The predicted octanol–water partition coefficient (Wildman–Crippen LogP) is 2.63. The zero-order valence-electron chi connectivity index (χ0n) is 16.1. The number of carbonyl (C=O) groups is 1. The van der Waals surface area contributed by atoms with Crippen molar-refractivity contribution in [2.24, 2.45) is 5.73 Å². The first-order chi connectivity index (χ1) is 14.3. The van der Waals surface area contributed by atoms with Gasteiger partial charge in [0.1, 0.15) is 40.8 Å². The maximum absolute atomic E-state index is 13.9. The summed E-state index contributed by atoms with van der Waals surface area (Å²) in [5, 5.41) is 23.9. The SMILES string of the molecule is Cc1c(C(N)=O)sc2ncnc(Nc3ccc(F)cc3OC3CCC[C@@H](O)[C@H]3O)c12. The van der Waals surface area contributed by atoms with Crippen LogP contribution < -0.4 is 15.8 Å². The number of ether oxygens (including phenoxy) is 1. The van der Waals surface area contributed by atoms with E-state index < -0.39 is 30.0 Å². The Morgan fingerprint density at radius 2 is 2.13 bits per heavy atom. The van der Waals surface area contributed by atoms with Crippen molar-refractivity contribution in [2.45, 2.75) is 44.5 Å². The molecule has 1 fully saturated rings. The third-order valence-electron chi connectivity index (χ3n) is 5.19. The Balaban J connectivity index is 1.70. The van der Waals surface area contributed by atoms with Crippen LogP contribution in [0.15, 0.2) is 24.5 Å². The summed E-state index contributed by atoms with van der Waals surface area (Å²) in [5.74, 6) is -0.445. The van der Waals surface area contributed by atoms with Crippen LogP contribution in [0.5, 0.6) is 5.75 Å². The van der Waals surface area contributed by atoms with E-state index in [1.54, 1.807) is 6.92 Å². The molecule has 3 atom stereocenters. The smallest absolute Gasteiger partial charge is 0.259 e. The molecule has 1 aliphatic carbocycles. The predicted molar refractivity (Wildman–Crippen MR) is 111 cm³/mol. The number of hydrogen-bond donors (Lipinski definition) is 4. The summed E-state index contributed by atoms with van der Waals surface area (Å²) in [6, 6.07) is 3.99. The highest BCUT2D eigenvalue weighted by molar-refractivity contribution is 7.20. The highest BCUT2D eigenvalue weighted by Gasteiger charge is 2.32. The van der Waals surface area contributed by atoms with Crippen molar-refractivity contribution >= 4 is 39.0 Å². The average Bonchev–Trinajstić information content (AvgIpc) is 3.05. The summed E-state index contributed by atoms with van der Waals surface area (Å²) < 4.78 is 19.8. The average molecular weight is 432 g/mol. The first kappa shape index (κ1) is 20.5. The Morgan fingerprint density at radius 3 is 2.90 bits per heavy atom. The minimum Gasteiger partial charge on any atom is -0.485 e. The number of thiophene rings is 1. The van der Waals surface area contributed by atoms with E-state index in [0.717, 1.165) is 0 Å². The van der Waals surface area contributed by atoms with E-state index in [4.69, 9.17) is 10.5 Å². The standard InChI is InChI=1S/C20H21FN4O4S/c1-9-15-19(23-8-24-20(15)30-17(9)18(22)28)25-11-6-5-10(21)7-14(11)29-13-4-2-3-12(26)16(13)27/h5-8,12-13,16,26-27H,2-4H2,1H3,(H2,22,28)(H,23,24,25)/t12-,13?,16-/m1/s1. The molecule has 5 N–H and O–H groups in total. The highest BCUT2D eigenvalue weighted by atomic mass is 32.1. The van der Waals surface area contributed by atoms with Crippen LogP contribution >= 0.6 is 11.3 Å². The lowest BCUT2D eigenvalue weighted by Crippen LogP contribution is -2.44. The van der Waals surface area contributed by atoms with Gasteiger partial charge in [-0.05, 0) is 43.9 Å². The highest BCUT2D eigenvalue weighted by Crippen LogP contribution is 2.37. The number of aliphatic hydroxyl groups excluding tert-OH is 2. The van der Waals surface area contributed by atoms with Crippen molar-refractivity contribution < 1.29 is 24.1 Å². The monoisotopic (exact) mass is 432 g/mol. The molecular weight excluding hydrogens is 411 g/mol. The summed E-state index contributed by atoms with van der Waals surface area (Å²) in [6.45, 7) is 1.76. The number of amides is 1. The zero-order valence-corrected chi connectivity index (χ0v) is 16.9. The lowest BCUT2D eigenvalue weighted by Gasteiger charge is -2.32. The molecule has 0 aliphatic heterocycles. The number of aryl methyl sites for hydroxylation is 1. The quantitative estimate of drug-likeness (QED) is 0.487. The van der Waals surface area contributed by atoms with Crippen LogP contribution in [0.1, 0.15) is 34.5 Å². The molecular formula is C20H21FN4O4S. The van der Waals surface area contributed by atoms with Crippen LogP contribution in [0.4, 0.5) is 15.9 Å². The number of fused-ring (bicyclic) bond motifs is 1. The van der Waals surface area contributed by atoms with Crippen molar-refractivity contribution in [3.05, 3.63) is 40.8 Å². The largest absolute Gasteiger partial charge is 0.485 e. The summed E-state index contributed by atoms with van der Waals surface area (Å²) in [6.07, 6.45) is 0.485. The van der Waals surface area contributed by atoms with E-state index in [9.17, 15) is 19.4 Å². The molecule has 10 heteroatoms. The maximum atomic E-state index is 13.9. The van der Waals surface area contributed by atoms with E-state index in [1.807, 2.05) is 0 Å². The minimum atomic E-state index is -1.06. The molecule has 2 heterocycles. The number of nitrogens with one attached hydrogen (secondary N) is 1. The minimum absolute atomic E-state index is 0.183. The number of halogens is 1. The molecule has 0 saturated heterocycles. The zero-order chi connectivity index (χ0) is 21.4. The molecule has 1 aliphatic rings. The second kappa shape index (κ2) is 8.13. The number of aliphatic hydroxyl groups is 2. The molecule has 0 spiro atoms. The lowest BCUT2D eigenvalue weighted by atomic mass is 9.92. The van der Waals surface area contributed by atoms with E-state index >= 15 is 0 Å². The molecule has 8 nitrogen and oxygen atoms in total. The maximum Gasteiger partial charge on any atom is 0.259 e. The first-order valence-corrected chi connectivity index (χ1v) is 10.3. The van der Waals surface area contributed by atoms with Gasteiger partial charge >= 0.3 is 0 Å². The van der Waals surface area contributed by atoms with Crippen molar-refractivity contribution in [3.8, 4) is 5.75 Å². The fourth-order valence-electron chi connectivity index (χ4n) is 3.64. The Kier molecular flexibility index (Phi) is 5.54. The lowest BCUT2D eigenvalue weighted by molar-refractivity contribution is -0.0743. The number of carbonyl (C=O) groups excluding carboxylic acids is 1. The fraction of sp³-hybridized carbons (Fsp3) is 0.350. The van der Waals surface area contributed by atoms with Crippen LogP contribution in [-0.4, -0.2) is 44.4 Å². The topological polar surface area (TPSA) is 131 Å². The molecule has 30 heavy (non-hydrogen) atoms. The number of aromatic nitrogens is 2. The third-order valence-corrected chi connectivity index (χ3v) is 6.40. The van der Waals surface area contributed by atoms with Gasteiger partial charge in [0.25, 0.3) is 5.91 Å². The van der Waals surface area contributed by atoms with Gasteiger partial charge in [-0.25, -0.2) is 14.4 Å². The molecule has 2 aromatic heterocycles. The first-order valence-electron chi connectivity index (χ1n) is 9.48. The van der Waals surface area contributed by atoms with Crippen molar-refractivity contribution in [3.63, 3.8) is 0 Å². The summed E-state index contributed by atoms with van der Waals surface area (Å²) in [4.78, 5) is 21.1. The van der Waals surface area contributed by atoms with Gasteiger partial charge < -0.3 is 26.0 Å². The molecule has 1 saturated carbocycles. The molecule has 4 rings (SSSR count). The van der Waals surface area contributed by atoms with Gasteiger partial charge in [-0.1, -0.05) is 0 Å². The molecule has 1 aromatic carbocycles. The Hall–Kier alpha value is -2.82. The van der Waals surface area contributed by atoms with Crippen LogP contribution in [0.25, 0.3) is 10.2 Å². The number of primary amides is 1. The third kappa shape index (κ3) is 3.81. The second-order valence-electron chi connectivity index (χ2n) is 7.23. The number of benzene rings is 1. The molecule has 0 radical (unpaired) electrons. The van der Waals surface area contributed by atoms with Crippen molar-refractivity contribution in [1.82, 2.24) is 9.97 Å². The van der Waals surface area contributed by atoms with E-state index in [0.29, 0.717) is 51.4 Å². The summed E-state index contributed by atoms with van der Waals surface area (Å²) in [7, 11) is 0. The van der Waals surface area contributed by atoms with Crippen molar-refractivity contribution in [2.75, 3.05) is 5.32 Å². The van der Waals surface area contributed by atoms with Crippen LogP contribution in [-0.2, 0) is 0 Å². The summed E-state index contributed by atoms with van der Waals surface area (Å²) >= 11 is 1.17. The number of rotatable bonds is 5.